The van der Waals surface area contributed by atoms with E-state index in [1.54, 1.807) is 13.0 Å². The van der Waals surface area contributed by atoms with Crippen molar-refractivity contribution in [1.29, 1.82) is 0 Å². The maximum absolute atomic E-state index is 10.8. The number of carbonyl (C=O) groups is 1. The monoisotopic (exact) mass is 191 g/mol. The van der Waals surface area contributed by atoms with E-state index < -0.39 is 5.97 Å². The fourth-order valence-electron chi connectivity index (χ4n) is 1.63. The van der Waals surface area contributed by atoms with Gasteiger partial charge in [0.15, 0.2) is 0 Å². The molecule has 0 fully saturated rings. The number of aryl methyl sites for hydroxylation is 1. The maximum atomic E-state index is 10.8. The Bertz CT molecular complexity index is 513. The van der Waals surface area contributed by atoms with Gasteiger partial charge in [0.1, 0.15) is 5.75 Å². The van der Waals surface area contributed by atoms with Gasteiger partial charge in [-0.1, -0.05) is 0 Å². The third kappa shape index (κ3) is 1.12. The fourth-order valence-corrected chi connectivity index (χ4v) is 1.63. The van der Waals surface area contributed by atoms with Crippen LogP contribution in [0.3, 0.4) is 0 Å². The molecule has 0 saturated carbocycles. The molecule has 0 saturated heterocycles. The van der Waals surface area contributed by atoms with Crippen LogP contribution >= 0.6 is 0 Å². The number of hydrogen-bond donors (Lipinski definition) is 3. The van der Waals surface area contributed by atoms with Gasteiger partial charge in [-0.25, -0.2) is 4.79 Å². The molecule has 0 aliphatic heterocycles. The lowest BCUT2D eigenvalue weighted by Crippen LogP contribution is -1.94. The lowest BCUT2D eigenvalue weighted by Gasteiger charge is -1.99. The Labute approximate surface area is 79.8 Å². The summed E-state index contributed by atoms with van der Waals surface area (Å²) in [5.74, 6) is -0.834. The van der Waals surface area contributed by atoms with E-state index >= 15 is 0 Å². The number of aromatic hydroxyl groups is 1. The molecule has 2 rings (SSSR count). The van der Waals surface area contributed by atoms with Crippen LogP contribution in [-0.4, -0.2) is 21.2 Å². The molecule has 0 aliphatic carbocycles. The van der Waals surface area contributed by atoms with E-state index in [9.17, 15) is 9.90 Å². The van der Waals surface area contributed by atoms with Crippen LogP contribution < -0.4 is 0 Å². The molecule has 0 aliphatic rings. The standard InChI is InChI=1S/C10H9NO3/c1-5-2-6(12)3-8-9(5)7(4-11-8)10(13)14/h2-4,11-12H,1H3,(H,13,14). The molecule has 1 aromatic carbocycles. The molecule has 0 radical (unpaired) electrons. The molecule has 3 N–H and O–H groups in total. The highest BCUT2D eigenvalue weighted by Crippen LogP contribution is 2.26. The van der Waals surface area contributed by atoms with Gasteiger partial charge in [0.05, 0.1) is 11.1 Å². The average Bonchev–Trinajstić information content (AvgIpc) is 2.47. The molecule has 2 aromatic rings. The Morgan fingerprint density at radius 1 is 1.43 bits per heavy atom. The van der Waals surface area contributed by atoms with Crippen LogP contribution in [0, 0.1) is 6.92 Å². The Hall–Kier alpha value is -1.97. The molecule has 4 heteroatoms. The van der Waals surface area contributed by atoms with Crippen molar-refractivity contribution in [3.05, 3.63) is 29.5 Å². The zero-order valence-electron chi connectivity index (χ0n) is 7.53. The highest BCUT2D eigenvalue weighted by Gasteiger charge is 2.12. The molecule has 14 heavy (non-hydrogen) atoms. The van der Waals surface area contributed by atoms with Crippen LogP contribution in [0.2, 0.25) is 0 Å². The van der Waals surface area contributed by atoms with E-state index in [1.165, 1.54) is 12.3 Å². The maximum Gasteiger partial charge on any atom is 0.337 e. The number of aromatic amines is 1. The van der Waals surface area contributed by atoms with Gasteiger partial charge in [-0.2, -0.15) is 0 Å². The molecule has 0 bridgehead atoms. The normalized spacial score (nSPS) is 10.6. The highest BCUT2D eigenvalue weighted by atomic mass is 16.4. The Balaban J connectivity index is 2.85. The SMILES string of the molecule is Cc1cc(O)cc2[nH]cc(C(=O)O)c12. The van der Waals surface area contributed by atoms with Gasteiger partial charge in [0.2, 0.25) is 0 Å². The Morgan fingerprint density at radius 2 is 2.14 bits per heavy atom. The van der Waals surface area contributed by atoms with Gasteiger partial charge in [-0.15, -0.1) is 0 Å². The lowest BCUT2D eigenvalue weighted by molar-refractivity contribution is 0.0699. The largest absolute Gasteiger partial charge is 0.508 e. The van der Waals surface area contributed by atoms with Crippen LogP contribution in [0.15, 0.2) is 18.3 Å². The smallest absolute Gasteiger partial charge is 0.337 e. The number of benzene rings is 1. The highest BCUT2D eigenvalue weighted by molar-refractivity contribution is 6.04. The summed E-state index contributed by atoms with van der Waals surface area (Å²) in [6, 6.07) is 3.05. The summed E-state index contributed by atoms with van der Waals surface area (Å²) in [7, 11) is 0. The lowest BCUT2D eigenvalue weighted by atomic mass is 10.1. The van der Waals surface area contributed by atoms with Crippen LogP contribution in [-0.2, 0) is 0 Å². The number of nitrogens with one attached hydrogen (secondary N) is 1. The molecule has 0 unspecified atom stereocenters. The van der Waals surface area contributed by atoms with Crippen LogP contribution in [0.1, 0.15) is 15.9 Å². The first kappa shape index (κ1) is 8.62. The number of aromatic nitrogens is 1. The van der Waals surface area contributed by atoms with E-state index in [0.29, 0.717) is 10.9 Å². The molecule has 1 aromatic heterocycles. The number of fused-ring (bicyclic) bond motifs is 1. The van der Waals surface area contributed by atoms with Gasteiger partial charge in [0.25, 0.3) is 0 Å². The molecule has 0 amide bonds. The van der Waals surface area contributed by atoms with Gasteiger partial charge in [-0.3, -0.25) is 0 Å². The number of phenols is 1. The van der Waals surface area contributed by atoms with Crippen LogP contribution in [0.25, 0.3) is 10.9 Å². The number of rotatable bonds is 1. The quantitative estimate of drug-likeness (QED) is 0.644. The third-order valence-corrected chi connectivity index (χ3v) is 2.19. The van der Waals surface area contributed by atoms with E-state index in [-0.39, 0.29) is 11.3 Å². The first-order valence-electron chi connectivity index (χ1n) is 4.13. The van der Waals surface area contributed by atoms with E-state index in [2.05, 4.69) is 4.98 Å². The van der Waals surface area contributed by atoms with Crippen molar-refractivity contribution in [3.63, 3.8) is 0 Å². The summed E-state index contributed by atoms with van der Waals surface area (Å²) >= 11 is 0. The summed E-state index contributed by atoms with van der Waals surface area (Å²) in [6.45, 7) is 1.77. The molecule has 0 spiro atoms. The topological polar surface area (TPSA) is 73.3 Å². The second kappa shape index (κ2) is 2.77. The number of carboxylic acids is 1. The summed E-state index contributed by atoms with van der Waals surface area (Å²) in [5.41, 5.74) is 1.62. The van der Waals surface area contributed by atoms with Crippen molar-refractivity contribution in [2.75, 3.05) is 0 Å². The minimum atomic E-state index is -0.968. The van der Waals surface area contributed by atoms with Crippen molar-refractivity contribution in [1.82, 2.24) is 4.98 Å². The fraction of sp³-hybridized carbons (Fsp3) is 0.100. The second-order valence-electron chi connectivity index (χ2n) is 3.19. The number of aromatic carboxylic acids is 1. The van der Waals surface area contributed by atoms with E-state index in [4.69, 9.17) is 5.11 Å². The number of phenolic OH excluding ortho intramolecular Hbond substituents is 1. The molecular formula is C10H9NO3. The Kier molecular flexibility index (Phi) is 1.70. The number of H-pyrrole nitrogens is 1. The third-order valence-electron chi connectivity index (χ3n) is 2.19. The summed E-state index contributed by atoms with van der Waals surface area (Å²) in [4.78, 5) is 13.6. The van der Waals surface area contributed by atoms with Crippen molar-refractivity contribution >= 4 is 16.9 Å². The van der Waals surface area contributed by atoms with E-state index in [0.717, 1.165) is 5.56 Å². The predicted molar refractivity (Wildman–Crippen MR) is 51.7 cm³/mol. The van der Waals surface area contributed by atoms with Gasteiger partial charge >= 0.3 is 5.97 Å². The minimum Gasteiger partial charge on any atom is -0.508 e. The molecular weight excluding hydrogens is 182 g/mol. The van der Waals surface area contributed by atoms with Gasteiger partial charge in [0, 0.05) is 17.6 Å². The zero-order valence-corrected chi connectivity index (χ0v) is 7.53. The predicted octanol–water partition coefficient (Wildman–Crippen LogP) is 1.88. The average molecular weight is 191 g/mol. The number of hydrogen-bond acceptors (Lipinski definition) is 2. The Morgan fingerprint density at radius 3 is 2.79 bits per heavy atom. The van der Waals surface area contributed by atoms with Crippen molar-refractivity contribution in [2.45, 2.75) is 6.92 Å². The number of carboxylic acid groups (broad SMARTS) is 1. The van der Waals surface area contributed by atoms with Crippen LogP contribution in [0.5, 0.6) is 5.75 Å². The van der Waals surface area contributed by atoms with Crippen LogP contribution in [0.4, 0.5) is 0 Å². The molecule has 0 atom stereocenters. The zero-order chi connectivity index (χ0) is 10.3. The van der Waals surface area contributed by atoms with Crippen molar-refractivity contribution < 1.29 is 15.0 Å². The summed E-state index contributed by atoms with van der Waals surface area (Å²) in [6.07, 6.45) is 1.43. The molecule has 1 heterocycles. The van der Waals surface area contributed by atoms with E-state index in [1.807, 2.05) is 0 Å². The summed E-state index contributed by atoms with van der Waals surface area (Å²) in [5, 5.41) is 18.8. The minimum absolute atomic E-state index is 0.133. The van der Waals surface area contributed by atoms with Crippen molar-refractivity contribution in [2.24, 2.45) is 0 Å². The van der Waals surface area contributed by atoms with Gasteiger partial charge in [-0.05, 0) is 18.6 Å². The van der Waals surface area contributed by atoms with Crippen molar-refractivity contribution in [3.8, 4) is 5.75 Å². The first-order chi connectivity index (χ1) is 6.59. The molecule has 72 valence electrons. The first-order valence-corrected chi connectivity index (χ1v) is 4.13. The second-order valence-corrected chi connectivity index (χ2v) is 3.19. The summed E-state index contributed by atoms with van der Waals surface area (Å²) < 4.78 is 0. The van der Waals surface area contributed by atoms with Gasteiger partial charge < -0.3 is 15.2 Å². The molecule has 4 nitrogen and oxygen atoms in total.